The molecular formula is C25H26N2O3. The largest absolute Gasteiger partial charge is 0.326 e. The molecule has 0 saturated carbocycles. The van der Waals surface area contributed by atoms with E-state index in [1.165, 1.54) is 16.7 Å². The fourth-order valence-electron chi connectivity index (χ4n) is 3.26. The van der Waals surface area contributed by atoms with Gasteiger partial charge >= 0.3 is 0 Å². The summed E-state index contributed by atoms with van der Waals surface area (Å²) in [5.41, 5.74) is 6.76. The van der Waals surface area contributed by atoms with Crippen molar-refractivity contribution in [1.29, 1.82) is 0 Å². The summed E-state index contributed by atoms with van der Waals surface area (Å²) in [5, 5.41) is 11.4. The van der Waals surface area contributed by atoms with Crippen LogP contribution in [-0.4, -0.2) is 17.0 Å². The molecule has 3 aromatic rings. The Bertz CT molecular complexity index is 952. The molecule has 0 bridgehead atoms. The van der Waals surface area contributed by atoms with E-state index in [1.807, 2.05) is 18.2 Å². The third-order valence-electron chi connectivity index (χ3n) is 4.91. The summed E-state index contributed by atoms with van der Waals surface area (Å²) >= 11 is 0. The predicted octanol–water partition coefficient (Wildman–Crippen LogP) is 4.75. The Labute approximate surface area is 176 Å². The number of nitrogens with one attached hydrogen (secondary N) is 2. The van der Waals surface area contributed by atoms with Crippen LogP contribution >= 0.6 is 0 Å². The van der Waals surface area contributed by atoms with Crippen molar-refractivity contribution in [1.82, 2.24) is 5.48 Å². The van der Waals surface area contributed by atoms with Gasteiger partial charge < -0.3 is 5.32 Å². The first-order valence-corrected chi connectivity index (χ1v) is 10.1. The highest BCUT2D eigenvalue weighted by Crippen LogP contribution is 2.20. The van der Waals surface area contributed by atoms with Crippen molar-refractivity contribution in [3.8, 4) is 11.1 Å². The second kappa shape index (κ2) is 10.9. The van der Waals surface area contributed by atoms with Crippen molar-refractivity contribution < 1.29 is 14.8 Å². The number of anilines is 1. The maximum absolute atomic E-state index is 12.1. The normalized spacial score (nSPS) is 10.4. The molecule has 3 N–H and O–H groups in total. The molecule has 0 heterocycles. The van der Waals surface area contributed by atoms with Gasteiger partial charge in [-0.05, 0) is 53.6 Å². The third-order valence-corrected chi connectivity index (χ3v) is 4.91. The summed E-state index contributed by atoms with van der Waals surface area (Å²) in [6, 6.07) is 25.9. The van der Waals surface area contributed by atoms with Crippen molar-refractivity contribution >= 4 is 17.5 Å². The number of hydrogen-bond donors (Lipinski definition) is 3. The SMILES string of the molecule is O=C(Cc1ccc(NC(=O)CCCCc2ccc(-c3ccccc3)cc2)cc1)NO. The summed E-state index contributed by atoms with van der Waals surface area (Å²) in [6.45, 7) is 0. The average Bonchev–Trinajstić information content (AvgIpc) is 2.79. The Hall–Kier alpha value is -3.44. The number of benzene rings is 3. The molecule has 0 saturated heterocycles. The maximum atomic E-state index is 12.1. The molecule has 5 nitrogen and oxygen atoms in total. The second-order valence-electron chi connectivity index (χ2n) is 7.23. The van der Waals surface area contributed by atoms with Crippen LogP contribution in [0, 0.1) is 0 Å². The van der Waals surface area contributed by atoms with Crippen LogP contribution in [0.25, 0.3) is 11.1 Å². The number of rotatable bonds is 9. The molecular weight excluding hydrogens is 376 g/mol. The van der Waals surface area contributed by atoms with Crippen molar-refractivity contribution in [3.63, 3.8) is 0 Å². The number of hydroxylamine groups is 1. The van der Waals surface area contributed by atoms with E-state index in [2.05, 4.69) is 41.7 Å². The van der Waals surface area contributed by atoms with Gasteiger partial charge in [-0.3, -0.25) is 14.8 Å². The molecule has 5 heteroatoms. The summed E-state index contributed by atoms with van der Waals surface area (Å²) in [6.07, 6.45) is 3.28. The molecule has 0 aliphatic heterocycles. The van der Waals surface area contributed by atoms with E-state index in [0.29, 0.717) is 12.1 Å². The van der Waals surface area contributed by atoms with Crippen LogP contribution in [0.15, 0.2) is 78.9 Å². The molecule has 30 heavy (non-hydrogen) atoms. The molecule has 0 atom stereocenters. The standard InChI is InChI=1S/C25H26N2O3/c28-24(26-23-16-12-20(13-17-23)18-25(29)27-30)9-5-4-6-19-10-14-22(15-11-19)21-7-2-1-3-8-21/h1-3,7-8,10-17,30H,4-6,9,18H2,(H,26,28)(H,27,29). The lowest BCUT2D eigenvalue weighted by atomic mass is 10.0. The van der Waals surface area contributed by atoms with E-state index in [0.717, 1.165) is 24.8 Å². The van der Waals surface area contributed by atoms with Crippen LogP contribution < -0.4 is 10.8 Å². The van der Waals surface area contributed by atoms with E-state index in [-0.39, 0.29) is 12.3 Å². The zero-order chi connectivity index (χ0) is 21.2. The predicted molar refractivity (Wildman–Crippen MR) is 118 cm³/mol. The minimum Gasteiger partial charge on any atom is -0.326 e. The topological polar surface area (TPSA) is 78.4 Å². The number of unbranched alkanes of at least 4 members (excludes halogenated alkanes) is 1. The van der Waals surface area contributed by atoms with Gasteiger partial charge in [0.15, 0.2) is 0 Å². The monoisotopic (exact) mass is 402 g/mol. The lowest BCUT2D eigenvalue weighted by Crippen LogP contribution is -2.20. The summed E-state index contributed by atoms with van der Waals surface area (Å²) in [4.78, 5) is 23.3. The summed E-state index contributed by atoms with van der Waals surface area (Å²) in [7, 11) is 0. The maximum Gasteiger partial charge on any atom is 0.247 e. The van der Waals surface area contributed by atoms with Crippen LogP contribution in [0.4, 0.5) is 5.69 Å². The zero-order valence-electron chi connectivity index (χ0n) is 16.8. The quantitative estimate of drug-likeness (QED) is 0.274. The number of carbonyl (C=O) groups excluding carboxylic acids is 2. The van der Waals surface area contributed by atoms with Gasteiger partial charge in [-0.15, -0.1) is 0 Å². The van der Waals surface area contributed by atoms with Gasteiger partial charge in [0.2, 0.25) is 11.8 Å². The van der Waals surface area contributed by atoms with Crippen molar-refractivity contribution in [2.24, 2.45) is 0 Å². The fraction of sp³-hybridized carbons (Fsp3) is 0.200. The molecule has 0 unspecified atom stereocenters. The Morgan fingerprint density at radius 1 is 0.700 bits per heavy atom. The molecule has 0 fully saturated rings. The Kier molecular flexibility index (Phi) is 7.75. The third kappa shape index (κ3) is 6.57. The molecule has 3 aromatic carbocycles. The van der Waals surface area contributed by atoms with Crippen LogP contribution in [0.3, 0.4) is 0 Å². The zero-order valence-corrected chi connectivity index (χ0v) is 16.8. The van der Waals surface area contributed by atoms with Crippen molar-refractivity contribution in [3.05, 3.63) is 90.0 Å². The number of aryl methyl sites for hydroxylation is 1. The van der Waals surface area contributed by atoms with E-state index in [4.69, 9.17) is 5.21 Å². The Balaban J connectivity index is 1.38. The van der Waals surface area contributed by atoms with Gasteiger partial charge in [-0.25, -0.2) is 5.48 Å². The highest BCUT2D eigenvalue weighted by Gasteiger charge is 2.05. The molecule has 2 amide bonds. The molecule has 0 aromatic heterocycles. The first-order valence-electron chi connectivity index (χ1n) is 10.1. The van der Waals surface area contributed by atoms with E-state index in [9.17, 15) is 9.59 Å². The average molecular weight is 402 g/mol. The lowest BCUT2D eigenvalue weighted by molar-refractivity contribution is -0.128. The van der Waals surface area contributed by atoms with E-state index in [1.54, 1.807) is 29.7 Å². The molecule has 0 spiro atoms. The van der Waals surface area contributed by atoms with Gasteiger partial charge in [0.25, 0.3) is 0 Å². The van der Waals surface area contributed by atoms with Crippen molar-refractivity contribution in [2.75, 3.05) is 5.32 Å². The summed E-state index contributed by atoms with van der Waals surface area (Å²) in [5.74, 6) is -0.489. The smallest absolute Gasteiger partial charge is 0.247 e. The summed E-state index contributed by atoms with van der Waals surface area (Å²) < 4.78 is 0. The van der Waals surface area contributed by atoms with Crippen LogP contribution in [0.5, 0.6) is 0 Å². The van der Waals surface area contributed by atoms with E-state index < -0.39 is 5.91 Å². The van der Waals surface area contributed by atoms with Crippen LogP contribution in [-0.2, 0) is 22.4 Å². The second-order valence-corrected chi connectivity index (χ2v) is 7.23. The Morgan fingerprint density at radius 2 is 1.33 bits per heavy atom. The van der Waals surface area contributed by atoms with Gasteiger partial charge in [0.05, 0.1) is 6.42 Å². The highest BCUT2D eigenvalue weighted by molar-refractivity contribution is 5.90. The first kappa shape index (κ1) is 21.3. The minimum atomic E-state index is -0.471. The molecule has 0 aliphatic rings. The molecule has 154 valence electrons. The van der Waals surface area contributed by atoms with Gasteiger partial charge in [-0.2, -0.15) is 0 Å². The van der Waals surface area contributed by atoms with Gasteiger partial charge in [0.1, 0.15) is 0 Å². The van der Waals surface area contributed by atoms with E-state index >= 15 is 0 Å². The molecule has 0 aliphatic carbocycles. The van der Waals surface area contributed by atoms with Gasteiger partial charge in [0, 0.05) is 12.1 Å². The molecule has 0 radical (unpaired) electrons. The lowest BCUT2D eigenvalue weighted by Gasteiger charge is -2.07. The number of amides is 2. The van der Waals surface area contributed by atoms with Gasteiger partial charge in [-0.1, -0.05) is 66.7 Å². The highest BCUT2D eigenvalue weighted by atomic mass is 16.5. The van der Waals surface area contributed by atoms with Crippen LogP contribution in [0.2, 0.25) is 0 Å². The fourth-order valence-corrected chi connectivity index (χ4v) is 3.26. The van der Waals surface area contributed by atoms with Crippen molar-refractivity contribution in [2.45, 2.75) is 32.1 Å². The molecule has 3 rings (SSSR count). The number of carbonyl (C=O) groups is 2. The van der Waals surface area contributed by atoms with Crippen LogP contribution in [0.1, 0.15) is 30.4 Å². The first-order chi connectivity index (χ1) is 14.6. The Morgan fingerprint density at radius 3 is 2.00 bits per heavy atom. The number of hydrogen-bond acceptors (Lipinski definition) is 3. The minimum absolute atomic E-state index is 0.0183.